The number of halogens is 2. The van der Waals surface area contributed by atoms with Crippen molar-refractivity contribution in [3.8, 4) is 5.82 Å². The first-order valence-corrected chi connectivity index (χ1v) is 7.03. The fourth-order valence-electron chi connectivity index (χ4n) is 1.90. The monoisotopic (exact) mass is 336 g/mol. The first-order valence-electron chi connectivity index (χ1n) is 6.27. The normalized spacial score (nSPS) is 10.7. The van der Waals surface area contributed by atoms with Gasteiger partial charge in [0.1, 0.15) is 5.82 Å². The Bertz CT molecular complexity index is 827. The van der Waals surface area contributed by atoms with Gasteiger partial charge in [-0.3, -0.25) is 4.79 Å². The lowest BCUT2D eigenvalue weighted by Gasteiger charge is -2.08. The molecule has 0 fully saturated rings. The van der Waals surface area contributed by atoms with Crippen molar-refractivity contribution in [2.24, 2.45) is 0 Å². The van der Waals surface area contributed by atoms with Crippen LogP contribution >= 0.6 is 23.2 Å². The Morgan fingerprint density at radius 1 is 1.36 bits per heavy atom. The Morgan fingerprint density at radius 2 is 2.18 bits per heavy atom. The van der Waals surface area contributed by atoms with Crippen molar-refractivity contribution in [2.75, 3.05) is 5.32 Å². The summed E-state index contributed by atoms with van der Waals surface area (Å²) in [6, 6.07) is 6.46. The van der Waals surface area contributed by atoms with Gasteiger partial charge < -0.3 is 9.73 Å². The van der Waals surface area contributed by atoms with Crippen molar-refractivity contribution < 1.29 is 9.21 Å². The number of nitrogens with one attached hydrogen (secondary N) is 1. The standard InChI is InChI=1S/C14H10Cl2N4O2/c1-8-5-12(18-14(21)11-3-2-4-22-11)20(19-8)13-10(16)6-9(15)7-17-13/h2-7H,1H3,(H,18,21). The van der Waals surface area contributed by atoms with Crippen LogP contribution in [-0.2, 0) is 0 Å². The van der Waals surface area contributed by atoms with E-state index in [1.165, 1.54) is 17.1 Å². The van der Waals surface area contributed by atoms with Crippen LogP contribution in [0.1, 0.15) is 16.2 Å². The maximum absolute atomic E-state index is 12.1. The van der Waals surface area contributed by atoms with Gasteiger partial charge in [-0.2, -0.15) is 9.78 Å². The summed E-state index contributed by atoms with van der Waals surface area (Å²) in [5.74, 6) is 0.598. The molecule has 3 aromatic rings. The molecule has 0 bridgehead atoms. The van der Waals surface area contributed by atoms with Gasteiger partial charge in [-0.1, -0.05) is 23.2 Å². The van der Waals surface area contributed by atoms with Crippen LogP contribution in [0.4, 0.5) is 5.82 Å². The van der Waals surface area contributed by atoms with Crippen molar-refractivity contribution in [3.05, 3.63) is 58.2 Å². The Morgan fingerprint density at radius 3 is 2.86 bits per heavy atom. The highest BCUT2D eigenvalue weighted by atomic mass is 35.5. The zero-order chi connectivity index (χ0) is 15.7. The van der Waals surface area contributed by atoms with E-state index in [1.54, 1.807) is 31.2 Å². The average molecular weight is 337 g/mol. The predicted octanol–water partition coefficient (Wildman–Crippen LogP) is 3.73. The van der Waals surface area contributed by atoms with Crippen LogP contribution in [0.25, 0.3) is 5.82 Å². The van der Waals surface area contributed by atoms with Crippen LogP contribution in [0.5, 0.6) is 0 Å². The summed E-state index contributed by atoms with van der Waals surface area (Å²) in [7, 11) is 0. The van der Waals surface area contributed by atoms with Gasteiger partial charge in [-0.25, -0.2) is 4.98 Å². The highest BCUT2D eigenvalue weighted by molar-refractivity contribution is 6.35. The average Bonchev–Trinajstić information content (AvgIpc) is 3.09. The minimum atomic E-state index is -0.392. The first kappa shape index (κ1) is 14.6. The van der Waals surface area contributed by atoms with Gasteiger partial charge in [-0.05, 0) is 25.1 Å². The van der Waals surface area contributed by atoms with Crippen LogP contribution in [0.2, 0.25) is 10.0 Å². The summed E-state index contributed by atoms with van der Waals surface area (Å²) in [4.78, 5) is 16.2. The van der Waals surface area contributed by atoms with Crippen LogP contribution in [0, 0.1) is 6.92 Å². The smallest absolute Gasteiger partial charge is 0.292 e. The molecule has 3 heterocycles. The number of rotatable bonds is 3. The maximum Gasteiger partial charge on any atom is 0.292 e. The SMILES string of the molecule is Cc1cc(NC(=O)c2ccco2)n(-c2ncc(Cl)cc2Cl)n1. The van der Waals surface area contributed by atoms with Gasteiger partial charge in [0, 0.05) is 12.3 Å². The van der Waals surface area contributed by atoms with Gasteiger partial charge in [0.05, 0.1) is 22.0 Å². The Kier molecular flexibility index (Phi) is 3.87. The first-order chi connectivity index (χ1) is 10.5. The second kappa shape index (κ2) is 5.82. The number of aromatic nitrogens is 3. The molecular formula is C14H10Cl2N4O2. The lowest BCUT2D eigenvalue weighted by molar-refractivity contribution is 0.0996. The number of carbonyl (C=O) groups excluding carboxylic acids is 1. The third kappa shape index (κ3) is 2.84. The van der Waals surface area contributed by atoms with E-state index in [-0.39, 0.29) is 5.76 Å². The second-order valence-corrected chi connectivity index (χ2v) is 5.32. The van der Waals surface area contributed by atoms with Gasteiger partial charge in [0.2, 0.25) is 0 Å². The fourth-order valence-corrected chi connectivity index (χ4v) is 2.36. The van der Waals surface area contributed by atoms with Gasteiger partial charge in [0.25, 0.3) is 5.91 Å². The summed E-state index contributed by atoms with van der Waals surface area (Å²) in [5.41, 5.74) is 0.697. The molecule has 3 aromatic heterocycles. The van der Waals surface area contributed by atoms with E-state index in [2.05, 4.69) is 15.4 Å². The zero-order valence-corrected chi connectivity index (χ0v) is 12.9. The Hall–Kier alpha value is -2.31. The molecule has 0 aliphatic heterocycles. The van der Waals surface area contributed by atoms with Gasteiger partial charge in [0.15, 0.2) is 11.6 Å². The van der Waals surface area contributed by atoms with E-state index in [4.69, 9.17) is 27.6 Å². The number of hydrogen-bond donors (Lipinski definition) is 1. The molecule has 6 nitrogen and oxygen atoms in total. The van der Waals surface area contributed by atoms with Crippen LogP contribution in [0.15, 0.2) is 41.1 Å². The van der Waals surface area contributed by atoms with Crippen molar-refractivity contribution in [1.29, 1.82) is 0 Å². The summed E-state index contributed by atoms with van der Waals surface area (Å²) >= 11 is 12.0. The third-order valence-corrected chi connectivity index (χ3v) is 3.29. The van der Waals surface area contributed by atoms with E-state index in [0.29, 0.717) is 27.4 Å². The molecule has 1 amide bonds. The van der Waals surface area contributed by atoms with Crippen molar-refractivity contribution in [1.82, 2.24) is 14.8 Å². The number of pyridine rings is 1. The molecule has 0 unspecified atom stereocenters. The quantitative estimate of drug-likeness (QED) is 0.790. The molecule has 112 valence electrons. The minimum absolute atomic E-state index is 0.195. The topological polar surface area (TPSA) is 73.0 Å². The van der Waals surface area contributed by atoms with E-state index in [0.717, 1.165) is 0 Å². The fraction of sp³-hybridized carbons (Fsp3) is 0.0714. The van der Waals surface area contributed by atoms with Crippen LogP contribution in [-0.4, -0.2) is 20.7 Å². The number of nitrogens with zero attached hydrogens (tertiary/aromatic N) is 3. The van der Waals surface area contributed by atoms with Crippen molar-refractivity contribution in [2.45, 2.75) is 6.92 Å². The number of furan rings is 1. The molecule has 1 N–H and O–H groups in total. The summed E-state index contributed by atoms with van der Waals surface area (Å²) in [6.07, 6.45) is 2.88. The van der Waals surface area contributed by atoms with E-state index >= 15 is 0 Å². The maximum atomic E-state index is 12.1. The highest BCUT2D eigenvalue weighted by Gasteiger charge is 2.16. The lowest BCUT2D eigenvalue weighted by Crippen LogP contribution is -2.15. The molecule has 0 aliphatic rings. The molecule has 0 spiro atoms. The van der Waals surface area contributed by atoms with E-state index < -0.39 is 5.91 Å². The number of hydrogen-bond acceptors (Lipinski definition) is 4. The number of amides is 1. The van der Waals surface area contributed by atoms with Crippen LogP contribution in [0.3, 0.4) is 0 Å². The molecule has 0 saturated heterocycles. The van der Waals surface area contributed by atoms with E-state index in [9.17, 15) is 4.79 Å². The largest absolute Gasteiger partial charge is 0.459 e. The van der Waals surface area contributed by atoms with Crippen molar-refractivity contribution >= 4 is 34.9 Å². The molecular weight excluding hydrogens is 327 g/mol. The molecule has 0 radical (unpaired) electrons. The molecule has 0 aromatic carbocycles. The molecule has 22 heavy (non-hydrogen) atoms. The predicted molar refractivity (Wildman–Crippen MR) is 82.8 cm³/mol. The molecule has 0 atom stereocenters. The second-order valence-electron chi connectivity index (χ2n) is 4.47. The highest BCUT2D eigenvalue weighted by Crippen LogP contribution is 2.25. The third-order valence-electron chi connectivity index (χ3n) is 2.81. The van der Waals surface area contributed by atoms with Gasteiger partial charge >= 0.3 is 0 Å². The summed E-state index contributed by atoms with van der Waals surface area (Å²) < 4.78 is 6.50. The van der Waals surface area contributed by atoms with E-state index in [1.807, 2.05) is 0 Å². The lowest BCUT2D eigenvalue weighted by atomic mass is 10.4. The zero-order valence-electron chi connectivity index (χ0n) is 11.4. The Balaban J connectivity index is 1.98. The molecule has 8 heteroatoms. The van der Waals surface area contributed by atoms with Crippen molar-refractivity contribution in [3.63, 3.8) is 0 Å². The van der Waals surface area contributed by atoms with Gasteiger partial charge in [-0.15, -0.1) is 0 Å². The number of carbonyl (C=O) groups is 1. The molecule has 0 saturated carbocycles. The minimum Gasteiger partial charge on any atom is -0.459 e. The van der Waals surface area contributed by atoms with Crippen LogP contribution < -0.4 is 5.32 Å². The molecule has 3 rings (SSSR count). The summed E-state index contributed by atoms with van der Waals surface area (Å²) in [6.45, 7) is 1.79. The number of anilines is 1. The summed E-state index contributed by atoms with van der Waals surface area (Å²) in [5, 5.41) is 7.74. The molecule has 0 aliphatic carbocycles. The Labute approximate surface area is 135 Å². The number of aryl methyl sites for hydroxylation is 1.